The molecule has 0 spiro atoms. The van der Waals surface area contributed by atoms with Crippen molar-refractivity contribution in [1.82, 2.24) is 15.8 Å². The Morgan fingerprint density at radius 1 is 1.00 bits per heavy atom. The van der Waals surface area contributed by atoms with Crippen LogP contribution in [-0.2, 0) is 21.6 Å². The molecule has 1 aliphatic heterocycles. The molecule has 1 amide bonds. The van der Waals surface area contributed by atoms with E-state index in [2.05, 4.69) is 61.0 Å². The lowest BCUT2D eigenvalue weighted by Crippen LogP contribution is -2.33. The van der Waals surface area contributed by atoms with E-state index in [1.165, 1.54) is 5.56 Å². The predicted octanol–water partition coefficient (Wildman–Crippen LogP) is 5.95. The lowest BCUT2D eigenvalue weighted by atomic mass is 9.93. The number of rotatable bonds is 6. The normalized spacial score (nSPS) is 17.9. The molecule has 5 rings (SSSR count). The molecule has 1 aliphatic rings. The molecule has 0 fully saturated rings. The lowest BCUT2D eigenvalue weighted by molar-refractivity contribution is -0.120. The number of benzene rings is 3. The molecule has 2 atom stereocenters. The van der Waals surface area contributed by atoms with Crippen LogP contribution in [0.5, 0.6) is 0 Å². The molecule has 182 valence electrons. The topological polar surface area (TPSA) is 63.2 Å². The van der Waals surface area contributed by atoms with Gasteiger partial charge in [-0.05, 0) is 74.2 Å². The first-order chi connectivity index (χ1) is 17.3. The number of carbonyl (C=O) groups excluding carboxylic acids is 1. The van der Waals surface area contributed by atoms with Crippen LogP contribution in [0, 0.1) is 13.8 Å². The molecule has 2 unspecified atom stereocenters. The highest BCUT2D eigenvalue weighted by atomic mass is 16.7. The second kappa shape index (κ2) is 9.59. The number of fused-ring (bicyclic) bond motifs is 1. The number of hydroxylamine groups is 1. The van der Waals surface area contributed by atoms with E-state index in [1.807, 2.05) is 62.4 Å². The number of pyridine rings is 1. The summed E-state index contributed by atoms with van der Waals surface area (Å²) in [4.78, 5) is 23.5. The van der Waals surface area contributed by atoms with E-state index in [9.17, 15) is 4.79 Å². The number of amides is 1. The van der Waals surface area contributed by atoms with E-state index >= 15 is 0 Å². The Morgan fingerprint density at radius 3 is 2.53 bits per heavy atom. The van der Waals surface area contributed by atoms with Crippen LogP contribution in [0.4, 0.5) is 0 Å². The van der Waals surface area contributed by atoms with Crippen LogP contribution in [0.2, 0.25) is 0 Å². The van der Waals surface area contributed by atoms with E-state index in [0.29, 0.717) is 6.42 Å². The quantitative estimate of drug-likeness (QED) is 0.360. The van der Waals surface area contributed by atoms with Crippen LogP contribution in [0.3, 0.4) is 0 Å². The highest BCUT2D eigenvalue weighted by Gasteiger charge is 2.31. The number of aryl methyl sites for hydroxylation is 2. The number of nitrogens with zero attached hydrogens (tertiary/aromatic N) is 1. The molecule has 0 radical (unpaired) electrons. The summed E-state index contributed by atoms with van der Waals surface area (Å²) in [7, 11) is 0. The molecule has 5 heteroatoms. The highest BCUT2D eigenvalue weighted by Crippen LogP contribution is 2.29. The summed E-state index contributed by atoms with van der Waals surface area (Å²) in [5.74, 6) is 0.809. The zero-order valence-corrected chi connectivity index (χ0v) is 21.1. The van der Waals surface area contributed by atoms with Crippen LogP contribution in [0.15, 0.2) is 90.7 Å². The van der Waals surface area contributed by atoms with Gasteiger partial charge in [-0.25, -0.2) is 0 Å². The largest absolute Gasteiger partial charge is 0.413 e. The van der Waals surface area contributed by atoms with Crippen LogP contribution in [0.1, 0.15) is 53.4 Å². The Balaban J connectivity index is 1.37. The minimum Gasteiger partial charge on any atom is -0.413 e. The highest BCUT2D eigenvalue weighted by molar-refractivity contribution is 5.84. The molecular weight excluding hydrogens is 446 g/mol. The fourth-order valence-electron chi connectivity index (χ4n) is 4.89. The fraction of sp³-hybridized carbons (Fsp3) is 0.226. The number of carbonyl (C=O) groups is 1. The first kappa shape index (κ1) is 23.8. The molecule has 2 heterocycles. The predicted molar refractivity (Wildman–Crippen MR) is 143 cm³/mol. The van der Waals surface area contributed by atoms with Gasteiger partial charge in [0.1, 0.15) is 11.3 Å². The number of nitrogens with one attached hydrogen (secondary N) is 2. The van der Waals surface area contributed by atoms with Crippen molar-refractivity contribution in [3.8, 4) is 0 Å². The van der Waals surface area contributed by atoms with E-state index in [-0.39, 0.29) is 11.9 Å². The summed E-state index contributed by atoms with van der Waals surface area (Å²) in [6.07, 6.45) is 2.32. The van der Waals surface area contributed by atoms with Crippen LogP contribution in [-0.4, -0.2) is 10.9 Å². The molecule has 2 N–H and O–H groups in total. The standard InChI is InChI=1S/C31H31N3O2/c1-20-10-13-26(21(2)16-20)30(24-8-6-5-7-9-24)33-29(35)18-23-11-14-27-25(17-23)12-15-28(32-27)31(4)19-22(3)36-34-31/h5-17,19,30,34H,18H2,1-4H3,(H,33,35). The molecule has 0 saturated heterocycles. The average molecular weight is 478 g/mol. The molecule has 0 aliphatic carbocycles. The first-order valence-corrected chi connectivity index (χ1v) is 12.3. The summed E-state index contributed by atoms with van der Waals surface area (Å²) in [5.41, 5.74) is 9.85. The Bertz CT molecular complexity index is 1460. The van der Waals surface area contributed by atoms with Crippen molar-refractivity contribution < 1.29 is 9.63 Å². The molecule has 5 nitrogen and oxygen atoms in total. The second-order valence-electron chi connectivity index (χ2n) is 9.83. The van der Waals surface area contributed by atoms with Gasteiger partial charge in [-0.15, -0.1) is 5.48 Å². The Kier molecular flexibility index (Phi) is 6.33. The van der Waals surface area contributed by atoms with Gasteiger partial charge in [-0.1, -0.05) is 66.2 Å². The maximum atomic E-state index is 13.2. The van der Waals surface area contributed by atoms with Gasteiger partial charge in [0.15, 0.2) is 0 Å². The number of hydrogen-bond donors (Lipinski definition) is 2. The van der Waals surface area contributed by atoms with Gasteiger partial charge in [0.2, 0.25) is 5.91 Å². The third-order valence-electron chi connectivity index (χ3n) is 6.74. The summed E-state index contributed by atoms with van der Waals surface area (Å²) < 4.78 is 0. The van der Waals surface area contributed by atoms with Crippen molar-refractivity contribution in [2.24, 2.45) is 0 Å². The molecule has 0 bridgehead atoms. The molecule has 0 saturated carbocycles. The van der Waals surface area contributed by atoms with Gasteiger partial charge in [-0.3, -0.25) is 9.78 Å². The van der Waals surface area contributed by atoms with Crippen molar-refractivity contribution in [1.29, 1.82) is 0 Å². The number of hydrogen-bond acceptors (Lipinski definition) is 4. The Morgan fingerprint density at radius 2 is 1.81 bits per heavy atom. The van der Waals surface area contributed by atoms with Crippen LogP contribution < -0.4 is 10.8 Å². The minimum atomic E-state index is -0.461. The lowest BCUT2D eigenvalue weighted by Gasteiger charge is -2.22. The van der Waals surface area contributed by atoms with Crippen molar-refractivity contribution in [3.05, 3.63) is 124 Å². The maximum Gasteiger partial charge on any atom is 0.225 e. The zero-order chi connectivity index (χ0) is 25.3. The van der Waals surface area contributed by atoms with E-state index in [0.717, 1.165) is 44.6 Å². The Hall–Kier alpha value is -3.96. The summed E-state index contributed by atoms with van der Waals surface area (Å²) in [6, 6.07) is 26.4. The monoisotopic (exact) mass is 477 g/mol. The zero-order valence-electron chi connectivity index (χ0n) is 21.1. The maximum absolute atomic E-state index is 13.2. The van der Waals surface area contributed by atoms with Gasteiger partial charge in [0.25, 0.3) is 0 Å². The van der Waals surface area contributed by atoms with Crippen molar-refractivity contribution in [3.63, 3.8) is 0 Å². The second-order valence-corrected chi connectivity index (χ2v) is 9.83. The minimum absolute atomic E-state index is 0.0202. The third-order valence-corrected chi connectivity index (χ3v) is 6.74. The fourth-order valence-corrected chi connectivity index (χ4v) is 4.89. The molecule has 36 heavy (non-hydrogen) atoms. The van der Waals surface area contributed by atoms with E-state index in [1.54, 1.807) is 0 Å². The van der Waals surface area contributed by atoms with Crippen molar-refractivity contribution >= 4 is 16.8 Å². The Labute approximate surface area is 212 Å². The summed E-state index contributed by atoms with van der Waals surface area (Å²) in [5, 5.41) is 4.28. The van der Waals surface area contributed by atoms with Crippen molar-refractivity contribution in [2.45, 2.75) is 45.7 Å². The van der Waals surface area contributed by atoms with Gasteiger partial charge in [0.05, 0.1) is 23.7 Å². The van der Waals surface area contributed by atoms with Gasteiger partial charge >= 0.3 is 0 Å². The molecule has 3 aromatic carbocycles. The average Bonchev–Trinajstić information content (AvgIpc) is 3.22. The van der Waals surface area contributed by atoms with Crippen molar-refractivity contribution in [2.75, 3.05) is 0 Å². The first-order valence-electron chi connectivity index (χ1n) is 12.3. The SMILES string of the molecule is CC1=CC(C)(c2ccc3cc(CC(=O)NC(c4ccccc4)c4ccc(C)cc4C)ccc3n2)NO1. The molecular formula is C31H31N3O2. The van der Waals surface area contributed by atoms with Crippen LogP contribution in [0.25, 0.3) is 10.9 Å². The molecule has 1 aromatic heterocycles. The third kappa shape index (κ3) is 4.88. The van der Waals surface area contributed by atoms with E-state index < -0.39 is 5.54 Å². The van der Waals surface area contributed by atoms with E-state index in [4.69, 9.17) is 9.82 Å². The van der Waals surface area contributed by atoms with Gasteiger partial charge < -0.3 is 10.2 Å². The summed E-state index contributed by atoms with van der Waals surface area (Å²) in [6.45, 7) is 8.13. The van der Waals surface area contributed by atoms with Crippen LogP contribution >= 0.6 is 0 Å². The smallest absolute Gasteiger partial charge is 0.225 e. The van der Waals surface area contributed by atoms with Gasteiger partial charge in [0, 0.05) is 5.39 Å². The molecule has 4 aromatic rings. The number of allylic oxidation sites excluding steroid dienone is 1. The number of aromatic nitrogens is 1. The van der Waals surface area contributed by atoms with Gasteiger partial charge in [-0.2, -0.15) is 0 Å². The summed E-state index contributed by atoms with van der Waals surface area (Å²) >= 11 is 0.